The van der Waals surface area contributed by atoms with E-state index in [1.165, 1.54) is 0 Å². The van der Waals surface area contributed by atoms with E-state index < -0.39 is 23.3 Å². The second-order valence-corrected chi connectivity index (χ2v) is 3.96. The molecule has 0 fully saturated rings. The van der Waals surface area contributed by atoms with E-state index in [0.717, 1.165) is 6.42 Å². The molecule has 1 N–H and O–H groups in total. The summed E-state index contributed by atoms with van der Waals surface area (Å²) in [6.45, 7) is 4.30. The summed E-state index contributed by atoms with van der Waals surface area (Å²) in [5, 5.41) is 2.53. The topological polar surface area (TPSA) is 12.0 Å². The molecule has 1 aromatic rings. The molecular formula is C11H13F4N. The fraction of sp³-hybridized carbons (Fsp3) is 0.455. The maximum absolute atomic E-state index is 13.1. The molecule has 0 aliphatic carbocycles. The van der Waals surface area contributed by atoms with Crippen molar-refractivity contribution in [3.63, 3.8) is 0 Å². The quantitative estimate of drug-likeness (QED) is 0.476. The monoisotopic (exact) mass is 235 g/mol. The summed E-state index contributed by atoms with van der Waals surface area (Å²) in [6, 6.07) is 0.619. The Morgan fingerprint density at radius 2 is 1.69 bits per heavy atom. The smallest absolute Gasteiger partial charge is 0.199 e. The standard InChI is InChI=1S/C11H13F4N/c1-6(2)3-4-16-8-5-7(12)9(13)11(15)10(8)14/h5-6,16H,3-4H2,1-2H3. The normalized spacial score (nSPS) is 10.9. The minimum absolute atomic E-state index is 0.350. The molecule has 0 radical (unpaired) electrons. The largest absolute Gasteiger partial charge is 0.382 e. The Kier molecular flexibility index (Phi) is 4.15. The fourth-order valence-corrected chi connectivity index (χ4v) is 1.20. The van der Waals surface area contributed by atoms with Crippen LogP contribution in [0.25, 0.3) is 0 Å². The van der Waals surface area contributed by atoms with E-state index in [1.807, 2.05) is 13.8 Å². The van der Waals surface area contributed by atoms with E-state index in [2.05, 4.69) is 5.32 Å². The lowest BCUT2D eigenvalue weighted by atomic mass is 10.1. The van der Waals surface area contributed by atoms with Gasteiger partial charge < -0.3 is 5.32 Å². The molecule has 0 saturated heterocycles. The lowest BCUT2D eigenvalue weighted by Crippen LogP contribution is -2.09. The van der Waals surface area contributed by atoms with Gasteiger partial charge in [0, 0.05) is 12.6 Å². The number of nitrogens with one attached hydrogen (secondary N) is 1. The van der Waals surface area contributed by atoms with Gasteiger partial charge in [-0.25, -0.2) is 17.6 Å². The highest BCUT2D eigenvalue weighted by Crippen LogP contribution is 2.22. The summed E-state index contributed by atoms with van der Waals surface area (Å²) in [5.41, 5.74) is -0.350. The van der Waals surface area contributed by atoms with Crippen LogP contribution in [0.5, 0.6) is 0 Å². The maximum Gasteiger partial charge on any atom is 0.199 e. The van der Waals surface area contributed by atoms with Crippen LogP contribution in [0.4, 0.5) is 23.2 Å². The van der Waals surface area contributed by atoms with Crippen LogP contribution in [0, 0.1) is 29.2 Å². The van der Waals surface area contributed by atoms with Crippen molar-refractivity contribution in [2.45, 2.75) is 20.3 Å². The second kappa shape index (κ2) is 5.18. The lowest BCUT2D eigenvalue weighted by Gasteiger charge is -2.10. The molecule has 5 heteroatoms. The van der Waals surface area contributed by atoms with Gasteiger partial charge in [-0.3, -0.25) is 0 Å². The molecule has 0 aliphatic heterocycles. The number of halogens is 4. The first-order valence-corrected chi connectivity index (χ1v) is 5.00. The minimum Gasteiger partial charge on any atom is -0.382 e. The molecule has 0 heterocycles. The SMILES string of the molecule is CC(C)CCNc1cc(F)c(F)c(F)c1F. The third-order valence-electron chi connectivity index (χ3n) is 2.14. The molecule has 0 amide bonds. The summed E-state index contributed by atoms with van der Waals surface area (Å²) in [6.07, 6.45) is 0.722. The number of anilines is 1. The predicted molar refractivity (Wildman–Crippen MR) is 54.2 cm³/mol. The first-order valence-electron chi connectivity index (χ1n) is 5.00. The van der Waals surface area contributed by atoms with Crippen molar-refractivity contribution in [2.24, 2.45) is 5.92 Å². The zero-order valence-corrected chi connectivity index (χ0v) is 9.08. The van der Waals surface area contributed by atoms with E-state index >= 15 is 0 Å². The Labute approximate surface area is 91.5 Å². The molecule has 1 nitrogen and oxygen atoms in total. The van der Waals surface area contributed by atoms with Crippen molar-refractivity contribution in [3.8, 4) is 0 Å². The zero-order valence-electron chi connectivity index (χ0n) is 9.08. The highest BCUT2D eigenvalue weighted by Gasteiger charge is 2.18. The lowest BCUT2D eigenvalue weighted by molar-refractivity contribution is 0.410. The molecule has 90 valence electrons. The number of hydrogen-bond donors (Lipinski definition) is 1. The molecule has 1 rings (SSSR count). The van der Waals surface area contributed by atoms with Gasteiger partial charge in [-0.1, -0.05) is 13.8 Å². The van der Waals surface area contributed by atoms with Crippen LogP contribution in [-0.4, -0.2) is 6.54 Å². The van der Waals surface area contributed by atoms with Crippen molar-refractivity contribution >= 4 is 5.69 Å². The number of rotatable bonds is 4. The van der Waals surface area contributed by atoms with Crippen LogP contribution >= 0.6 is 0 Å². The predicted octanol–water partition coefficient (Wildman–Crippen LogP) is 3.70. The van der Waals surface area contributed by atoms with E-state index in [0.29, 0.717) is 18.5 Å². The van der Waals surface area contributed by atoms with Crippen LogP contribution in [-0.2, 0) is 0 Å². The molecule has 1 aromatic carbocycles. The Bertz CT molecular complexity index is 377. The van der Waals surface area contributed by atoms with Crippen LogP contribution < -0.4 is 5.32 Å². The van der Waals surface area contributed by atoms with Gasteiger partial charge in [0.1, 0.15) is 0 Å². The average molecular weight is 235 g/mol. The third kappa shape index (κ3) is 2.87. The average Bonchev–Trinajstić information content (AvgIpc) is 2.22. The third-order valence-corrected chi connectivity index (χ3v) is 2.14. The number of hydrogen-bond acceptors (Lipinski definition) is 1. The first-order chi connectivity index (χ1) is 7.43. The minimum atomic E-state index is -1.79. The van der Waals surface area contributed by atoms with Crippen LogP contribution in [0.2, 0.25) is 0 Å². The Morgan fingerprint density at radius 1 is 1.06 bits per heavy atom. The Morgan fingerprint density at radius 3 is 2.25 bits per heavy atom. The highest BCUT2D eigenvalue weighted by molar-refractivity contribution is 5.45. The molecule has 0 aliphatic rings. The van der Waals surface area contributed by atoms with Gasteiger partial charge in [0.25, 0.3) is 0 Å². The van der Waals surface area contributed by atoms with Crippen LogP contribution in [0.15, 0.2) is 6.07 Å². The summed E-state index contributed by atoms with van der Waals surface area (Å²) in [7, 11) is 0. The summed E-state index contributed by atoms with van der Waals surface area (Å²) in [4.78, 5) is 0. The first kappa shape index (κ1) is 12.8. The van der Waals surface area contributed by atoms with E-state index in [-0.39, 0.29) is 5.69 Å². The van der Waals surface area contributed by atoms with Crippen molar-refractivity contribution in [3.05, 3.63) is 29.3 Å². The van der Waals surface area contributed by atoms with Gasteiger partial charge >= 0.3 is 0 Å². The van der Waals surface area contributed by atoms with Crippen molar-refractivity contribution in [1.29, 1.82) is 0 Å². The molecule has 0 spiro atoms. The van der Waals surface area contributed by atoms with Gasteiger partial charge in [-0.15, -0.1) is 0 Å². The molecule has 0 saturated carbocycles. The van der Waals surface area contributed by atoms with Gasteiger partial charge in [-0.2, -0.15) is 0 Å². The molecule has 16 heavy (non-hydrogen) atoms. The molecule has 0 bridgehead atoms. The Hall–Kier alpha value is -1.26. The van der Waals surface area contributed by atoms with E-state index in [1.54, 1.807) is 0 Å². The van der Waals surface area contributed by atoms with E-state index in [4.69, 9.17) is 0 Å². The summed E-state index contributed by atoms with van der Waals surface area (Å²) in [5.74, 6) is -5.97. The second-order valence-electron chi connectivity index (χ2n) is 3.96. The molecule has 0 aromatic heterocycles. The maximum atomic E-state index is 13.1. The summed E-state index contributed by atoms with van der Waals surface area (Å²) < 4.78 is 51.3. The van der Waals surface area contributed by atoms with Crippen molar-refractivity contribution in [1.82, 2.24) is 0 Å². The van der Waals surface area contributed by atoms with E-state index in [9.17, 15) is 17.6 Å². The van der Waals surface area contributed by atoms with Crippen LogP contribution in [0.1, 0.15) is 20.3 Å². The van der Waals surface area contributed by atoms with Gasteiger partial charge in [0.15, 0.2) is 23.3 Å². The van der Waals surface area contributed by atoms with Crippen molar-refractivity contribution < 1.29 is 17.6 Å². The molecule has 0 unspecified atom stereocenters. The van der Waals surface area contributed by atoms with Gasteiger partial charge in [-0.05, 0) is 12.3 Å². The molecule has 0 atom stereocenters. The highest BCUT2D eigenvalue weighted by atomic mass is 19.2. The van der Waals surface area contributed by atoms with Crippen LogP contribution in [0.3, 0.4) is 0 Å². The Balaban J connectivity index is 2.81. The zero-order chi connectivity index (χ0) is 12.3. The fourth-order valence-electron chi connectivity index (χ4n) is 1.20. The van der Waals surface area contributed by atoms with Crippen molar-refractivity contribution in [2.75, 3.05) is 11.9 Å². The van der Waals surface area contributed by atoms with Gasteiger partial charge in [0.2, 0.25) is 0 Å². The summed E-state index contributed by atoms with van der Waals surface area (Å²) >= 11 is 0. The number of benzene rings is 1. The van der Waals surface area contributed by atoms with Gasteiger partial charge in [0.05, 0.1) is 5.69 Å². The molecular weight excluding hydrogens is 222 g/mol.